The molecule has 1 aliphatic rings. The Labute approximate surface area is 262 Å². The van der Waals surface area contributed by atoms with E-state index in [1.54, 1.807) is 19.2 Å². The first-order chi connectivity index (χ1) is 20.2. The first-order valence-electron chi connectivity index (χ1n) is 14.1. The highest BCUT2D eigenvalue weighted by atomic mass is 35.5. The van der Waals surface area contributed by atoms with Crippen LogP contribution in [0, 0.1) is 11.3 Å². The van der Waals surface area contributed by atoms with Crippen LogP contribution < -0.4 is 15.8 Å². The second-order valence-electron chi connectivity index (χ2n) is 10.6. The van der Waals surface area contributed by atoms with Gasteiger partial charge in [-0.05, 0) is 97.0 Å². The maximum absolute atomic E-state index is 13.9. The second-order valence-corrected chi connectivity index (χ2v) is 12.3. The molecule has 1 unspecified atom stereocenters. The van der Waals surface area contributed by atoms with Gasteiger partial charge in [-0.25, -0.2) is 4.72 Å². The number of rotatable bonds is 12. The van der Waals surface area contributed by atoms with Crippen molar-refractivity contribution in [3.8, 4) is 11.1 Å². The zero-order chi connectivity index (χ0) is 30.1. The number of hydrogen-bond donors (Lipinski definition) is 4. The van der Waals surface area contributed by atoms with Crippen molar-refractivity contribution in [1.82, 2.24) is 14.9 Å². The Kier molecular flexibility index (Phi) is 11.7. The molecule has 0 spiro atoms. The molecule has 1 atom stereocenters. The third-order valence-electron chi connectivity index (χ3n) is 7.60. The zero-order valence-corrected chi connectivity index (χ0v) is 26.0. The van der Waals surface area contributed by atoms with Crippen molar-refractivity contribution in [1.29, 1.82) is 5.41 Å². The molecule has 1 heterocycles. The minimum absolute atomic E-state index is 0.000307. The smallest absolute Gasteiger partial charge is 0.240 e. The number of likely N-dealkylation sites (tertiary alicyclic amines) is 1. The minimum atomic E-state index is -0.476. The second kappa shape index (κ2) is 15.4. The predicted octanol–water partition coefficient (Wildman–Crippen LogP) is 6.31. The van der Waals surface area contributed by atoms with Gasteiger partial charge in [0, 0.05) is 37.0 Å². The Morgan fingerprint density at radius 2 is 1.76 bits per heavy atom. The number of nitrogen functional groups attached to an aromatic ring is 1. The van der Waals surface area contributed by atoms with Gasteiger partial charge in [-0.2, -0.15) is 0 Å². The van der Waals surface area contributed by atoms with Gasteiger partial charge in [-0.15, -0.1) is 0 Å². The summed E-state index contributed by atoms with van der Waals surface area (Å²) < 4.78 is 3.44. The van der Waals surface area contributed by atoms with Gasteiger partial charge in [0.2, 0.25) is 11.8 Å². The monoisotopic (exact) mass is 625 g/mol. The summed E-state index contributed by atoms with van der Waals surface area (Å²) >= 11 is 13.8. The number of benzene rings is 3. The van der Waals surface area contributed by atoms with Gasteiger partial charge in [0.25, 0.3) is 0 Å². The highest BCUT2D eigenvalue weighted by Crippen LogP contribution is 2.31. The van der Waals surface area contributed by atoms with E-state index in [1.165, 1.54) is 11.9 Å². The fraction of sp³-hybridized carbons (Fsp3) is 0.344. The number of piperidine rings is 1. The number of carbonyl (C=O) groups excluding carboxylic acids is 2. The Balaban J connectivity index is 1.45. The predicted molar refractivity (Wildman–Crippen MR) is 173 cm³/mol. The van der Waals surface area contributed by atoms with Crippen molar-refractivity contribution in [3.05, 3.63) is 87.9 Å². The van der Waals surface area contributed by atoms with Crippen LogP contribution in [-0.2, 0) is 16.0 Å². The largest absolute Gasteiger partial charge is 0.384 e. The molecule has 0 saturated carbocycles. The summed E-state index contributed by atoms with van der Waals surface area (Å²) in [5, 5.41) is 11.5. The number of amidine groups is 1. The molecule has 1 fully saturated rings. The molecular formula is C32H37Cl2N5O2S. The van der Waals surface area contributed by atoms with Crippen molar-refractivity contribution >= 4 is 52.8 Å². The fourth-order valence-corrected chi connectivity index (χ4v) is 6.27. The van der Waals surface area contributed by atoms with Crippen LogP contribution in [0.3, 0.4) is 0 Å². The quantitative estimate of drug-likeness (QED) is 0.107. The Morgan fingerprint density at radius 3 is 2.48 bits per heavy atom. The number of amides is 2. The molecule has 10 heteroatoms. The maximum Gasteiger partial charge on any atom is 0.240 e. The van der Waals surface area contributed by atoms with E-state index in [9.17, 15) is 9.59 Å². The summed E-state index contributed by atoms with van der Waals surface area (Å²) in [7, 11) is 1.66. The van der Waals surface area contributed by atoms with Gasteiger partial charge in [-0.3, -0.25) is 15.0 Å². The number of halogens is 2. The Hall–Kier alpha value is -3.04. The lowest BCUT2D eigenvalue weighted by Crippen LogP contribution is -2.48. The highest BCUT2D eigenvalue weighted by Gasteiger charge is 2.29. The summed E-state index contributed by atoms with van der Waals surface area (Å²) in [5.74, 6) is 0.654. The normalized spacial score (nSPS) is 14.4. The van der Waals surface area contributed by atoms with Crippen LogP contribution in [-0.4, -0.2) is 48.7 Å². The van der Waals surface area contributed by atoms with Gasteiger partial charge in [-0.1, -0.05) is 59.6 Å². The van der Waals surface area contributed by atoms with Crippen LogP contribution in [0.2, 0.25) is 10.0 Å². The van der Waals surface area contributed by atoms with Crippen LogP contribution in [0.25, 0.3) is 11.1 Å². The summed E-state index contributed by atoms with van der Waals surface area (Å²) in [5.41, 5.74) is 9.25. The molecule has 1 saturated heterocycles. The highest BCUT2D eigenvalue weighted by molar-refractivity contribution is 7.97. The lowest BCUT2D eigenvalue weighted by atomic mass is 9.91. The van der Waals surface area contributed by atoms with E-state index in [0.717, 1.165) is 47.3 Å². The third-order valence-corrected chi connectivity index (χ3v) is 9.23. The molecule has 0 aromatic heterocycles. The van der Waals surface area contributed by atoms with Crippen LogP contribution in [0.15, 0.2) is 71.6 Å². The molecule has 3 aromatic carbocycles. The molecular weight excluding hydrogens is 589 g/mol. The van der Waals surface area contributed by atoms with E-state index >= 15 is 0 Å². The van der Waals surface area contributed by atoms with E-state index in [4.69, 9.17) is 34.3 Å². The fourth-order valence-electron chi connectivity index (χ4n) is 5.17. The maximum atomic E-state index is 13.9. The van der Waals surface area contributed by atoms with Crippen molar-refractivity contribution < 1.29 is 9.59 Å². The van der Waals surface area contributed by atoms with Crippen LogP contribution in [0.5, 0.6) is 0 Å². The standard InChI is InChI=1S/C32H37Cl2N5O2S/c1-37-30(40)10-3-5-21-13-15-39(16-14-21)32(41)29(18-22-6-2-8-25(17-22)31(35)36)38-42-26-9-4-7-23(19-26)24-11-12-27(33)28(34)20-24/h2,4,6-9,11-12,17,19-21,29,38H,3,5,10,13-16,18H2,1H3,(H3,35,36)(H,37,40). The Bertz CT molecular complexity index is 1410. The van der Waals surface area contributed by atoms with Gasteiger partial charge < -0.3 is 16.0 Å². The minimum Gasteiger partial charge on any atom is -0.384 e. The molecule has 3 aromatic rings. The molecule has 42 heavy (non-hydrogen) atoms. The number of nitrogens with two attached hydrogens (primary N) is 1. The average Bonchev–Trinajstić information content (AvgIpc) is 3.00. The summed E-state index contributed by atoms with van der Waals surface area (Å²) in [4.78, 5) is 28.3. The molecule has 4 rings (SSSR count). The number of nitrogens with one attached hydrogen (secondary N) is 3. The number of nitrogens with zero attached hydrogens (tertiary/aromatic N) is 1. The van der Waals surface area contributed by atoms with Crippen LogP contribution >= 0.6 is 35.1 Å². The molecule has 2 amide bonds. The van der Waals surface area contributed by atoms with E-state index in [1.807, 2.05) is 53.4 Å². The van der Waals surface area contributed by atoms with Crippen molar-refractivity contribution in [2.24, 2.45) is 11.7 Å². The SMILES string of the molecule is CNC(=O)CCCC1CCN(C(=O)C(Cc2cccc(C(=N)N)c2)NSc2cccc(-c3ccc(Cl)c(Cl)c3)c2)CC1. The first kappa shape index (κ1) is 31.9. The Morgan fingerprint density at radius 1 is 1.02 bits per heavy atom. The lowest BCUT2D eigenvalue weighted by Gasteiger charge is -2.34. The zero-order valence-electron chi connectivity index (χ0n) is 23.7. The lowest BCUT2D eigenvalue weighted by molar-refractivity contribution is -0.134. The van der Waals surface area contributed by atoms with E-state index in [2.05, 4.69) is 16.1 Å². The summed E-state index contributed by atoms with van der Waals surface area (Å²) in [6.07, 6.45) is 4.75. The van der Waals surface area contributed by atoms with Gasteiger partial charge in [0.1, 0.15) is 11.9 Å². The molecule has 7 nitrogen and oxygen atoms in total. The average molecular weight is 627 g/mol. The molecule has 222 valence electrons. The number of carbonyl (C=O) groups is 2. The van der Waals surface area contributed by atoms with Gasteiger partial charge >= 0.3 is 0 Å². The first-order valence-corrected chi connectivity index (χ1v) is 15.7. The molecule has 0 aliphatic carbocycles. The topological polar surface area (TPSA) is 111 Å². The third kappa shape index (κ3) is 8.98. The van der Waals surface area contributed by atoms with Crippen molar-refractivity contribution in [2.75, 3.05) is 20.1 Å². The van der Waals surface area contributed by atoms with Gasteiger partial charge in [0.05, 0.1) is 10.0 Å². The van der Waals surface area contributed by atoms with E-state index in [-0.39, 0.29) is 17.6 Å². The van der Waals surface area contributed by atoms with E-state index in [0.29, 0.717) is 47.5 Å². The van der Waals surface area contributed by atoms with Gasteiger partial charge in [0.15, 0.2) is 0 Å². The number of hydrogen-bond acceptors (Lipinski definition) is 5. The molecule has 0 bridgehead atoms. The molecule has 0 radical (unpaired) electrons. The van der Waals surface area contributed by atoms with Crippen LogP contribution in [0.1, 0.15) is 43.2 Å². The van der Waals surface area contributed by atoms with Crippen LogP contribution in [0.4, 0.5) is 0 Å². The summed E-state index contributed by atoms with van der Waals surface area (Å²) in [6, 6.07) is 20.6. The van der Waals surface area contributed by atoms with Crippen molar-refractivity contribution in [2.45, 2.75) is 49.5 Å². The van der Waals surface area contributed by atoms with Crippen molar-refractivity contribution in [3.63, 3.8) is 0 Å². The summed E-state index contributed by atoms with van der Waals surface area (Å²) in [6.45, 7) is 1.40. The molecule has 1 aliphatic heterocycles. The van der Waals surface area contributed by atoms with E-state index < -0.39 is 6.04 Å². The molecule has 5 N–H and O–H groups in total.